The summed E-state index contributed by atoms with van der Waals surface area (Å²) >= 11 is 13.9. The van der Waals surface area contributed by atoms with Gasteiger partial charge in [-0.3, -0.25) is 9.78 Å². The van der Waals surface area contributed by atoms with Crippen LogP contribution in [0.1, 0.15) is 35.7 Å². The predicted molar refractivity (Wildman–Crippen MR) is 105 cm³/mol. The lowest BCUT2D eigenvalue weighted by molar-refractivity contribution is 0.0696. The molecule has 2 heterocycles. The highest BCUT2D eigenvalue weighted by Crippen LogP contribution is 2.34. The number of amides is 1. The summed E-state index contributed by atoms with van der Waals surface area (Å²) in [5.41, 5.74) is 1.65. The van der Waals surface area contributed by atoms with Gasteiger partial charge in [0, 0.05) is 36.1 Å². The molecule has 0 saturated carbocycles. The van der Waals surface area contributed by atoms with E-state index in [4.69, 9.17) is 23.2 Å². The molecule has 0 N–H and O–H groups in total. The molecule has 1 aliphatic heterocycles. The number of halogens is 2. The number of benzene rings is 1. The molecule has 0 atom stereocenters. The summed E-state index contributed by atoms with van der Waals surface area (Å²) in [6.45, 7) is 3.90. The Kier molecular flexibility index (Phi) is 6.26. The molecule has 1 amide bonds. The van der Waals surface area contributed by atoms with Gasteiger partial charge in [0.15, 0.2) is 0 Å². The average molecular weight is 395 g/mol. The average Bonchev–Trinajstić information content (AvgIpc) is 2.63. The lowest BCUT2D eigenvalue weighted by atomic mass is 9.99. The number of hydrogen-bond donors (Lipinski definition) is 0. The zero-order valence-corrected chi connectivity index (χ0v) is 16.4. The Balaban J connectivity index is 1.67. The molecule has 2 aromatic rings. The van der Waals surface area contributed by atoms with E-state index in [1.54, 1.807) is 30.2 Å². The van der Waals surface area contributed by atoms with E-state index >= 15 is 0 Å². The van der Waals surface area contributed by atoms with E-state index in [2.05, 4.69) is 11.9 Å². The first-order valence-electron chi connectivity index (χ1n) is 8.34. The summed E-state index contributed by atoms with van der Waals surface area (Å²) in [5.74, 6) is 1.46. The largest absolute Gasteiger partial charge is 0.339 e. The first-order chi connectivity index (χ1) is 12.0. The van der Waals surface area contributed by atoms with Crippen molar-refractivity contribution in [1.29, 1.82) is 0 Å². The second kappa shape index (κ2) is 8.43. The Morgan fingerprint density at radius 2 is 2.04 bits per heavy atom. The first-order valence-corrected chi connectivity index (χ1v) is 10.1. The second-order valence-corrected chi connectivity index (χ2v) is 8.20. The molecule has 1 aliphatic rings. The maximum Gasteiger partial charge on any atom is 0.255 e. The van der Waals surface area contributed by atoms with E-state index < -0.39 is 0 Å². The molecular weight excluding hydrogens is 375 g/mol. The molecule has 1 fully saturated rings. The van der Waals surface area contributed by atoms with Crippen LogP contribution in [0.2, 0.25) is 10.0 Å². The van der Waals surface area contributed by atoms with Gasteiger partial charge >= 0.3 is 0 Å². The SMILES string of the molecule is CC1CCN(C(=O)c2cncc(CSc3cccc(Cl)c3Cl)c2)CC1. The molecule has 132 valence electrons. The fourth-order valence-electron chi connectivity index (χ4n) is 2.83. The molecule has 0 unspecified atom stereocenters. The van der Waals surface area contributed by atoms with Crippen LogP contribution >= 0.6 is 35.0 Å². The number of thioether (sulfide) groups is 1. The standard InChI is InChI=1S/C19H20Cl2N2OS/c1-13-5-7-23(8-6-13)19(24)15-9-14(10-22-11-15)12-25-17-4-2-3-16(20)18(17)21/h2-4,9-11,13H,5-8,12H2,1H3. The third-order valence-corrected chi connectivity index (χ3v) is 6.48. The summed E-state index contributed by atoms with van der Waals surface area (Å²) in [6.07, 6.45) is 5.59. The Hall–Kier alpha value is -1.23. The smallest absolute Gasteiger partial charge is 0.255 e. The van der Waals surface area contributed by atoms with Crippen LogP contribution in [-0.4, -0.2) is 28.9 Å². The van der Waals surface area contributed by atoms with Crippen LogP contribution in [0.25, 0.3) is 0 Å². The number of pyridine rings is 1. The second-order valence-electron chi connectivity index (χ2n) is 6.40. The monoisotopic (exact) mass is 394 g/mol. The van der Waals surface area contributed by atoms with Crippen LogP contribution in [0.5, 0.6) is 0 Å². The molecule has 25 heavy (non-hydrogen) atoms. The lowest BCUT2D eigenvalue weighted by Gasteiger charge is -2.30. The van der Waals surface area contributed by atoms with Crippen LogP contribution < -0.4 is 0 Å². The summed E-state index contributed by atoms with van der Waals surface area (Å²) in [6, 6.07) is 7.52. The Labute approximate surface area is 162 Å². The minimum absolute atomic E-state index is 0.0760. The van der Waals surface area contributed by atoms with Gasteiger partial charge in [0.1, 0.15) is 0 Å². The van der Waals surface area contributed by atoms with Crippen molar-refractivity contribution in [2.45, 2.75) is 30.4 Å². The quantitative estimate of drug-likeness (QED) is 0.636. The number of piperidine rings is 1. The van der Waals surface area contributed by atoms with E-state index in [1.807, 2.05) is 23.1 Å². The predicted octanol–water partition coefficient (Wildman–Crippen LogP) is 5.55. The van der Waals surface area contributed by atoms with E-state index in [9.17, 15) is 4.79 Å². The van der Waals surface area contributed by atoms with Gasteiger partial charge in [-0.2, -0.15) is 0 Å². The summed E-state index contributed by atoms with van der Waals surface area (Å²) in [4.78, 5) is 19.8. The Morgan fingerprint density at radius 3 is 2.80 bits per heavy atom. The van der Waals surface area contributed by atoms with Crippen LogP contribution in [0.3, 0.4) is 0 Å². The number of rotatable bonds is 4. The fourth-order valence-corrected chi connectivity index (χ4v) is 4.25. The molecule has 3 nitrogen and oxygen atoms in total. The highest BCUT2D eigenvalue weighted by Gasteiger charge is 2.21. The fraction of sp³-hybridized carbons (Fsp3) is 0.368. The Bertz CT molecular complexity index is 761. The summed E-state index contributed by atoms with van der Waals surface area (Å²) < 4.78 is 0. The molecule has 1 aromatic carbocycles. The summed E-state index contributed by atoms with van der Waals surface area (Å²) in [5, 5.41) is 1.12. The Morgan fingerprint density at radius 1 is 1.28 bits per heavy atom. The molecule has 1 saturated heterocycles. The molecule has 0 aliphatic carbocycles. The highest BCUT2D eigenvalue weighted by molar-refractivity contribution is 7.98. The number of hydrogen-bond acceptors (Lipinski definition) is 3. The molecule has 3 rings (SSSR count). The van der Waals surface area contributed by atoms with Crippen LogP contribution in [0.15, 0.2) is 41.6 Å². The van der Waals surface area contributed by atoms with Crippen molar-refractivity contribution in [1.82, 2.24) is 9.88 Å². The maximum atomic E-state index is 12.7. The van der Waals surface area contributed by atoms with Crippen molar-refractivity contribution >= 4 is 40.9 Å². The van der Waals surface area contributed by atoms with Gasteiger partial charge in [0.25, 0.3) is 5.91 Å². The van der Waals surface area contributed by atoms with Gasteiger partial charge in [-0.25, -0.2) is 0 Å². The van der Waals surface area contributed by atoms with Crippen LogP contribution in [0.4, 0.5) is 0 Å². The van der Waals surface area contributed by atoms with Crippen molar-refractivity contribution in [3.05, 3.63) is 57.8 Å². The van der Waals surface area contributed by atoms with Gasteiger partial charge in [-0.1, -0.05) is 36.2 Å². The minimum atomic E-state index is 0.0760. The van der Waals surface area contributed by atoms with E-state index in [0.717, 1.165) is 36.4 Å². The third kappa shape index (κ3) is 4.69. The van der Waals surface area contributed by atoms with Crippen molar-refractivity contribution < 1.29 is 4.79 Å². The van der Waals surface area contributed by atoms with Crippen molar-refractivity contribution in [2.75, 3.05) is 13.1 Å². The van der Waals surface area contributed by atoms with Gasteiger partial charge < -0.3 is 4.90 Å². The number of nitrogens with zero attached hydrogens (tertiary/aromatic N) is 2. The van der Waals surface area contributed by atoms with Gasteiger partial charge in [0.2, 0.25) is 0 Å². The molecular formula is C19H20Cl2N2OS. The molecule has 0 spiro atoms. The molecule has 0 radical (unpaired) electrons. The van der Waals surface area contributed by atoms with Gasteiger partial charge in [0.05, 0.1) is 15.6 Å². The van der Waals surface area contributed by atoms with E-state index in [-0.39, 0.29) is 5.91 Å². The van der Waals surface area contributed by atoms with Crippen molar-refractivity contribution in [3.8, 4) is 0 Å². The van der Waals surface area contributed by atoms with Gasteiger partial charge in [-0.05, 0) is 42.5 Å². The number of likely N-dealkylation sites (tertiary alicyclic amines) is 1. The topological polar surface area (TPSA) is 33.2 Å². The van der Waals surface area contributed by atoms with Crippen molar-refractivity contribution in [2.24, 2.45) is 5.92 Å². The van der Waals surface area contributed by atoms with E-state index in [1.165, 1.54) is 0 Å². The highest BCUT2D eigenvalue weighted by atomic mass is 35.5. The maximum absolute atomic E-state index is 12.7. The molecule has 0 bridgehead atoms. The third-order valence-electron chi connectivity index (χ3n) is 4.42. The normalized spacial score (nSPS) is 15.4. The number of carbonyl (C=O) groups is 1. The summed E-state index contributed by atoms with van der Waals surface area (Å²) in [7, 11) is 0. The van der Waals surface area contributed by atoms with Crippen LogP contribution in [0, 0.1) is 5.92 Å². The zero-order chi connectivity index (χ0) is 17.8. The molecule has 6 heteroatoms. The number of carbonyl (C=O) groups excluding carboxylic acids is 1. The zero-order valence-electron chi connectivity index (χ0n) is 14.0. The minimum Gasteiger partial charge on any atom is -0.339 e. The lowest BCUT2D eigenvalue weighted by Crippen LogP contribution is -2.37. The first kappa shape index (κ1) is 18.6. The van der Waals surface area contributed by atoms with Gasteiger partial charge in [-0.15, -0.1) is 11.8 Å². The molecule has 1 aromatic heterocycles. The van der Waals surface area contributed by atoms with E-state index in [0.29, 0.717) is 27.3 Å². The van der Waals surface area contributed by atoms with Crippen molar-refractivity contribution in [3.63, 3.8) is 0 Å². The number of aromatic nitrogens is 1. The van der Waals surface area contributed by atoms with Crippen LogP contribution in [-0.2, 0) is 5.75 Å².